The Labute approximate surface area is 55.2 Å². The molecule has 0 aromatic rings. The van der Waals surface area contributed by atoms with E-state index in [1.165, 1.54) is 0 Å². The lowest BCUT2D eigenvalue weighted by Gasteiger charge is -1.82. The Morgan fingerprint density at radius 3 is 1.67 bits per heavy atom. The lowest BCUT2D eigenvalue weighted by molar-refractivity contribution is -0.135. The third kappa shape index (κ3) is 7.14. The van der Waals surface area contributed by atoms with E-state index in [4.69, 9.17) is 0 Å². The van der Waals surface area contributed by atoms with E-state index in [1.807, 2.05) is 13.8 Å². The van der Waals surface area contributed by atoms with E-state index in [0.29, 0.717) is 0 Å². The van der Waals surface area contributed by atoms with Gasteiger partial charge in [0.05, 0.1) is 0 Å². The molecule has 3 nitrogen and oxygen atoms in total. The molecule has 0 saturated carbocycles. The van der Waals surface area contributed by atoms with Crippen molar-refractivity contribution in [2.24, 2.45) is 5.73 Å². The highest BCUT2D eigenvalue weighted by molar-refractivity contribution is 6.35. The van der Waals surface area contributed by atoms with Gasteiger partial charge in [0.25, 0.3) is 5.91 Å². The van der Waals surface area contributed by atoms with Gasteiger partial charge >= 0.3 is 0 Å². The number of hydrogen-bond donors (Lipinski definition) is 1. The van der Waals surface area contributed by atoms with Crippen molar-refractivity contribution in [1.82, 2.24) is 0 Å². The van der Waals surface area contributed by atoms with Crippen LogP contribution in [-0.4, -0.2) is 11.7 Å². The number of primary amides is 1. The predicted octanol–water partition coefficient (Wildman–Crippen LogP) is 0.477. The molecule has 0 aromatic heterocycles. The van der Waals surface area contributed by atoms with Gasteiger partial charge in [-0.2, -0.15) is 0 Å². The summed E-state index contributed by atoms with van der Waals surface area (Å²) in [7, 11) is 0. The van der Waals surface area contributed by atoms with E-state index in [9.17, 15) is 9.59 Å². The van der Waals surface area contributed by atoms with Crippen LogP contribution in [0.5, 0.6) is 0 Å². The summed E-state index contributed by atoms with van der Waals surface area (Å²) in [4.78, 5) is 19.8. The van der Waals surface area contributed by atoms with Crippen molar-refractivity contribution in [2.45, 2.75) is 27.2 Å². The Morgan fingerprint density at radius 2 is 1.67 bits per heavy atom. The van der Waals surface area contributed by atoms with Crippen LogP contribution >= 0.6 is 0 Å². The van der Waals surface area contributed by atoms with Crippen LogP contribution < -0.4 is 5.73 Å². The lowest BCUT2D eigenvalue weighted by Crippen LogP contribution is -2.21. The standard InChI is InChI=1S/C4H7NO2.C2H6/c1-2-3(6)4(5)7;1-2/h2H2,1H3,(H2,5,7);1-2H3. The summed E-state index contributed by atoms with van der Waals surface area (Å²) < 4.78 is 0. The Hall–Kier alpha value is -0.860. The van der Waals surface area contributed by atoms with E-state index >= 15 is 0 Å². The fourth-order valence-electron chi connectivity index (χ4n) is 0.174. The molecule has 0 atom stereocenters. The first kappa shape index (κ1) is 11.0. The number of Topliss-reactive ketones (excluding diaryl/α,β-unsaturated/α-hetero) is 1. The van der Waals surface area contributed by atoms with Gasteiger partial charge in [0.2, 0.25) is 5.78 Å². The first-order valence-corrected chi connectivity index (χ1v) is 3.01. The number of amides is 1. The minimum Gasteiger partial charge on any atom is -0.363 e. The molecule has 0 unspecified atom stereocenters. The number of carbonyl (C=O) groups excluding carboxylic acids is 2. The van der Waals surface area contributed by atoms with Gasteiger partial charge in [-0.25, -0.2) is 0 Å². The molecule has 0 spiro atoms. The Balaban J connectivity index is 0. The topological polar surface area (TPSA) is 60.2 Å². The number of nitrogens with two attached hydrogens (primary N) is 1. The molecule has 0 radical (unpaired) electrons. The van der Waals surface area contributed by atoms with E-state index in [-0.39, 0.29) is 6.42 Å². The normalized spacial score (nSPS) is 7.00. The maximum Gasteiger partial charge on any atom is 0.284 e. The summed E-state index contributed by atoms with van der Waals surface area (Å²) in [5.74, 6) is -1.36. The summed E-state index contributed by atoms with van der Waals surface area (Å²) >= 11 is 0. The van der Waals surface area contributed by atoms with Crippen molar-refractivity contribution in [1.29, 1.82) is 0 Å². The number of carbonyl (C=O) groups is 2. The summed E-state index contributed by atoms with van der Waals surface area (Å²) in [6.07, 6.45) is 0.204. The van der Waals surface area contributed by atoms with E-state index in [0.717, 1.165) is 0 Å². The van der Waals surface area contributed by atoms with Gasteiger partial charge in [-0.1, -0.05) is 20.8 Å². The fraction of sp³-hybridized carbons (Fsp3) is 0.667. The van der Waals surface area contributed by atoms with Gasteiger partial charge in [-0.05, 0) is 0 Å². The van der Waals surface area contributed by atoms with Crippen molar-refractivity contribution < 1.29 is 9.59 Å². The smallest absolute Gasteiger partial charge is 0.284 e. The van der Waals surface area contributed by atoms with Crippen LogP contribution in [0.2, 0.25) is 0 Å². The molecular weight excluding hydrogens is 118 g/mol. The van der Waals surface area contributed by atoms with Gasteiger partial charge in [-0.15, -0.1) is 0 Å². The van der Waals surface area contributed by atoms with E-state index in [2.05, 4.69) is 5.73 Å². The molecule has 2 N–H and O–H groups in total. The predicted molar refractivity (Wildman–Crippen MR) is 35.8 cm³/mol. The highest BCUT2D eigenvalue weighted by Crippen LogP contribution is 1.74. The fourth-order valence-corrected chi connectivity index (χ4v) is 0.174. The molecule has 0 bridgehead atoms. The van der Waals surface area contributed by atoms with Crippen LogP contribution in [0.4, 0.5) is 0 Å². The zero-order valence-electron chi connectivity index (χ0n) is 6.10. The SMILES string of the molecule is CC.CCC(=O)C(N)=O. The van der Waals surface area contributed by atoms with Crippen molar-refractivity contribution in [3.05, 3.63) is 0 Å². The summed E-state index contributed by atoms with van der Waals surface area (Å²) in [5, 5.41) is 0. The van der Waals surface area contributed by atoms with Gasteiger partial charge in [0.1, 0.15) is 0 Å². The largest absolute Gasteiger partial charge is 0.363 e. The number of ketones is 1. The quantitative estimate of drug-likeness (QED) is 0.554. The van der Waals surface area contributed by atoms with Gasteiger partial charge in [0, 0.05) is 6.42 Å². The molecule has 0 saturated heterocycles. The van der Waals surface area contributed by atoms with Crippen molar-refractivity contribution in [3.8, 4) is 0 Å². The second-order valence-corrected chi connectivity index (χ2v) is 1.14. The molecule has 0 heterocycles. The molecule has 0 fully saturated rings. The summed E-state index contributed by atoms with van der Waals surface area (Å²) in [5.41, 5.74) is 4.56. The minimum absolute atomic E-state index is 0.204. The van der Waals surface area contributed by atoms with Crippen molar-refractivity contribution >= 4 is 11.7 Å². The van der Waals surface area contributed by atoms with Crippen molar-refractivity contribution in [2.75, 3.05) is 0 Å². The minimum atomic E-state index is -0.845. The molecule has 0 aromatic carbocycles. The van der Waals surface area contributed by atoms with Crippen LogP contribution in [0.3, 0.4) is 0 Å². The molecule has 9 heavy (non-hydrogen) atoms. The summed E-state index contributed by atoms with van der Waals surface area (Å²) in [6, 6.07) is 0. The second-order valence-electron chi connectivity index (χ2n) is 1.14. The lowest BCUT2D eigenvalue weighted by atomic mass is 10.3. The maximum atomic E-state index is 10.0. The molecular formula is C6H13NO2. The Morgan fingerprint density at radius 1 is 1.33 bits per heavy atom. The molecule has 1 amide bonds. The molecule has 54 valence electrons. The Kier molecular flexibility index (Phi) is 8.73. The van der Waals surface area contributed by atoms with Crippen molar-refractivity contribution in [3.63, 3.8) is 0 Å². The van der Waals surface area contributed by atoms with E-state index in [1.54, 1.807) is 6.92 Å². The maximum absolute atomic E-state index is 10.0. The van der Waals surface area contributed by atoms with Crippen LogP contribution in [0, 0.1) is 0 Å². The zero-order valence-corrected chi connectivity index (χ0v) is 6.10. The molecule has 0 aliphatic carbocycles. The first-order chi connectivity index (χ1) is 4.18. The second kappa shape index (κ2) is 7.14. The van der Waals surface area contributed by atoms with Gasteiger partial charge < -0.3 is 5.73 Å². The van der Waals surface area contributed by atoms with Crippen LogP contribution in [0.15, 0.2) is 0 Å². The number of rotatable bonds is 2. The van der Waals surface area contributed by atoms with Crippen LogP contribution in [0.25, 0.3) is 0 Å². The Bertz CT molecular complexity index is 99.2. The number of hydrogen-bond acceptors (Lipinski definition) is 2. The van der Waals surface area contributed by atoms with Crippen LogP contribution in [0.1, 0.15) is 27.2 Å². The first-order valence-electron chi connectivity index (χ1n) is 3.01. The van der Waals surface area contributed by atoms with Gasteiger partial charge in [0.15, 0.2) is 0 Å². The summed E-state index contributed by atoms with van der Waals surface area (Å²) in [6.45, 7) is 5.59. The monoisotopic (exact) mass is 131 g/mol. The highest BCUT2D eigenvalue weighted by Gasteiger charge is 2.02. The van der Waals surface area contributed by atoms with Gasteiger partial charge in [-0.3, -0.25) is 9.59 Å². The zero-order chi connectivity index (χ0) is 7.86. The molecule has 0 aliphatic heterocycles. The molecule has 0 aliphatic rings. The molecule has 0 rings (SSSR count). The van der Waals surface area contributed by atoms with E-state index < -0.39 is 11.7 Å². The molecule has 3 heteroatoms. The average Bonchev–Trinajstić information content (AvgIpc) is 1.91. The third-order valence-corrected chi connectivity index (χ3v) is 0.596. The highest BCUT2D eigenvalue weighted by atomic mass is 16.2. The van der Waals surface area contributed by atoms with Crippen LogP contribution in [-0.2, 0) is 9.59 Å². The average molecular weight is 131 g/mol. The third-order valence-electron chi connectivity index (χ3n) is 0.596.